The number of β-amino-alcohol motifs (C(OH)–C–C–N with tert-alkyl or cyclic N) is 1. The summed E-state index contributed by atoms with van der Waals surface area (Å²) < 4.78 is 0. The zero-order chi connectivity index (χ0) is 10.8. The normalized spacial score (nSPS) is 33.7. The molecule has 0 bridgehead atoms. The predicted octanol–water partition coefficient (Wildman–Crippen LogP) is -1.18. The van der Waals surface area contributed by atoms with Gasteiger partial charge in [-0.1, -0.05) is 0 Å². The van der Waals surface area contributed by atoms with E-state index in [1.807, 2.05) is 4.90 Å². The highest BCUT2D eigenvalue weighted by Gasteiger charge is 2.29. The van der Waals surface area contributed by atoms with E-state index in [2.05, 4.69) is 0 Å². The van der Waals surface area contributed by atoms with Gasteiger partial charge in [-0.25, -0.2) is 5.01 Å². The summed E-state index contributed by atoms with van der Waals surface area (Å²) in [6.07, 6.45) is 1.43. The van der Waals surface area contributed by atoms with E-state index in [-0.39, 0.29) is 17.8 Å². The van der Waals surface area contributed by atoms with E-state index in [0.29, 0.717) is 19.6 Å². The van der Waals surface area contributed by atoms with Crippen LogP contribution in [0.3, 0.4) is 0 Å². The van der Waals surface area contributed by atoms with Crippen LogP contribution in [-0.4, -0.2) is 59.6 Å². The van der Waals surface area contributed by atoms with E-state index in [1.165, 1.54) is 0 Å². The van der Waals surface area contributed by atoms with Crippen molar-refractivity contribution in [2.75, 3.05) is 32.7 Å². The number of hydrogen-bond donors (Lipinski definition) is 2. The number of Topliss-reactive ketones (excluding diaryl/α,β-unsaturated/α-hetero) is 1. The molecule has 3 N–H and O–H groups in total. The van der Waals surface area contributed by atoms with Crippen LogP contribution in [0.15, 0.2) is 0 Å². The van der Waals surface area contributed by atoms with E-state index < -0.39 is 0 Å². The largest absolute Gasteiger partial charge is 0.392 e. The smallest absolute Gasteiger partial charge is 0.151 e. The molecular formula is C10H19N3O2. The summed E-state index contributed by atoms with van der Waals surface area (Å²) in [6, 6.07) is 0. The molecule has 0 aliphatic carbocycles. The standard InChI is InChI=1S/C10H19N3O2/c11-13-4-1-8(5-13)10(15)7-12-3-2-9(14)6-12/h8-9,14H,1-7,11H2/t8-,9?/m0/s1. The van der Waals surface area contributed by atoms with Crippen LogP contribution in [0.1, 0.15) is 12.8 Å². The molecule has 2 aliphatic heterocycles. The maximum atomic E-state index is 11.8. The molecule has 0 aromatic rings. The van der Waals surface area contributed by atoms with Crippen molar-refractivity contribution >= 4 is 5.78 Å². The minimum Gasteiger partial charge on any atom is -0.392 e. The number of ketones is 1. The number of hydrogen-bond acceptors (Lipinski definition) is 5. The van der Waals surface area contributed by atoms with Crippen LogP contribution in [0.2, 0.25) is 0 Å². The lowest BCUT2D eigenvalue weighted by molar-refractivity contribution is -0.123. The zero-order valence-electron chi connectivity index (χ0n) is 8.93. The second-order valence-corrected chi connectivity index (χ2v) is 4.62. The first kappa shape index (κ1) is 11.0. The third kappa shape index (κ3) is 2.75. The van der Waals surface area contributed by atoms with Crippen LogP contribution >= 0.6 is 0 Å². The highest BCUT2D eigenvalue weighted by Crippen LogP contribution is 2.16. The van der Waals surface area contributed by atoms with Crippen LogP contribution in [0.4, 0.5) is 0 Å². The molecule has 86 valence electrons. The van der Waals surface area contributed by atoms with Crippen LogP contribution < -0.4 is 5.84 Å². The Morgan fingerprint density at radius 3 is 2.67 bits per heavy atom. The van der Waals surface area contributed by atoms with Crippen LogP contribution in [0.5, 0.6) is 0 Å². The predicted molar refractivity (Wildman–Crippen MR) is 55.9 cm³/mol. The van der Waals surface area contributed by atoms with Crippen molar-refractivity contribution in [3.63, 3.8) is 0 Å². The number of hydrazine groups is 1. The summed E-state index contributed by atoms with van der Waals surface area (Å²) in [5, 5.41) is 11.0. The Morgan fingerprint density at radius 2 is 2.13 bits per heavy atom. The van der Waals surface area contributed by atoms with E-state index >= 15 is 0 Å². The molecule has 0 amide bonds. The molecular weight excluding hydrogens is 194 g/mol. The molecule has 2 atom stereocenters. The second kappa shape index (κ2) is 4.57. The van der Waals surface area contributed by atoms with Crippen LogP contribution in [-0.2, 0) is 4.79 Å². The van der Waals surface area contributed by atoms with E-state index in [9.17, 15) is 9.90 Å². The van der Waals surface area contributed by atoms with Crippen molar-refractivity contribution in [2.24, 2.45) is 11.8 Å². The molecule has 0 spiro atoms. The molecule has 2 rings (SSSR count). The molecule has 2 aliphatic rings. The highest BCUT2D eigenvalue weighted by molar-refractivity contribution is 5.83. The lowest BCUT2D eigenvalue weighted by Crippen LogP contribution is -2.34. The Balaban J connectivity index is 1.77. The number of rotatable bonds is 3. The number of carbonyl (C=O) groups is 1. The molecule has 1 unspecified atom stereocenters. The van der Waals surface area contributed by atoms with Crippen molar-refractivity contribution in [2.45, 2.75) is 18.9 Å². The topological polar surface area (TPSA) is 69.8 Å². The van der Waals surface area contributed by atoms with Crippen molar-refractivity contribution in [3.05, 3.63) is 0 Å². The highest BCUT2D eigenvalue weighted by atomic mass is 16.3. The van der Waals surface area contributed by atoms with Crippen LogP contribution in [0, 0.1) is 5.92 Å². The van der Waals surface area contributed by atoms with Gasteiger partial charge in [-0.05, 0) is 12.8 Å². The molecule has 2 fully saturated rings. The number of aliphatic hydroxyl groups is 1. The third-order valence-electron chi connectivity index (χ3n) is 3.30. The molecule has 0 aromatic carbocycles. The Morgan fingerprint density at radius 1 is 1.33 bits per heavy atom. The molecule has 15 heavy (non-hydrogen) atoms. The average Bonchev–Trinajstić information content (AvgIpc) is 2.75. The number of aliphatic hydroxyl groups excluding tert-OH is 1. The molecule has 0 aromatic heterocycles. The fourth-order valence-electron chi connectivity index (χ4n) is 2.36. The number of likely N-dealkylation sites (tertiary alicyclic amines) is 1. The van der Waals surface area contributed by atoms with Gasteiger partial charge in [0, 0.05) is 32.1 Å². The lowest BCUT2D eigenvalue weighted by atomic mass is 10.0. The van der Waals surface area contributed by atoms with Crippen molar-refractivity contribution < 1.29 is 9.90 Å². The summed E-state index contributed by atoms with van der Waals surface area (Å²) >= 11 is 0. The van der Waals surface area contributed by atoms with Gasteiger partial charge in [0.15, 0.2) is 5.78 Å². The Kier molecular flexibility index (Phi) is 3.35. The first-order chi connectivity index (χ1) is 7.15. The first-order valence-electron chi connectivity index (χ1n) is 5.58. The molecule has 0 radical (unpaired) electrons. The van der Waals surface area contributed by atoms with E-state index in [4.69, 9.17) is 5.84 Å². The maximum absolute atomic E-state index is 11.8. The summed E-state index contributed by atoms with van der Waals surface area (Å²) in [5.41, 5.74) is 0. The molecule has 0 saturated carbocycles. The number of nitrogens with zero attached hydrogens (tertiary/aromatic N) is 2. The van der Waals surface area contributed by atoms with Gasteiger partial charge >= 0.3 is 0 Å². The van der Waals surface area contributed by atoms with Gasteiger partial charge in [-0.2, -0.15) is 0 Å². The van der Waals surface area contributed by atoms with Gasteiger partial charge in [0.1, 0.15) is 0 Å². The van der Waals surface area contributed by atoms with Gasteiger partial charge in [0.2, 0.25) is 0 Å². The van der Waals surface area contributed by atoms with Gasteiger partial charge in [-0.3, -0.25) is 15.5 Å². The molecule has 5 nitrogen and oxygen atoms in total. The van der Waals surface area contributed by atoms with E-state index in [1.54, 1.807) is 5.01 Å². The van der Waals surface area contributed by atoms with E-state index in [0.717, 1.165) is 25.9 Å². The number of nitrogens with two attached hydrogens (primary N) is 1. The molecule has 5 heteroatoms. The minimum absolute atomic E-state index is 0.104. The summed E-state index contributed by atoms with van der Waals surface area (Å²) in [7, 11) is 0. The molecule has 2 saturated heterocycles. The van der Waals surface area contributed by atoms with Gasteiger partial charge in [-0.15, -0.1) is 0 Å². The fourth-order valence-corrected chi connectivity index (χ4v) is 2.36. The van der Waals surface area contributed by atoms with Gasteiger partial charge in [0.25, 0.3) is 0 Å². The van der Waals surface area contributed by atoms with Gasteiger partial charge in [0.05, 0.1) is 12.6 Å². The summed E-state index contributed by atoms with van der Waals surface area (Å²) in [5.74, 6) is 6.00. The minimum atomic E-state index is -0.243. The van der Waals surface area contributed by atoms with Gasteiger partial charge < -0.3 is 5.11 Å². The van der Waals surface area contributed by atoms with Crippen molar-refractivity contribution in [1.29, 1.82) is 0 Å². The quantitative estimate of drug-likeness (QED) is 0.577. The summed E-state index contributed by atoms with van der Waals surface area (Å²) in [6.45, 7) is 3.47. The average molecular weight is 213 g/mol. The SMILES string of the molecule is NN1CC[C@H](C(=O)CN2CCC(O)C2)C1. The van der Waals surface area contributed by atoms with Crippen LogP contribution in [0.25, 0.3) is 0 Å². The monoisotopic (exact) mass is 213 g/mol. The number of carbonyl (C=O) groups excluding carboxylic acids is 1. The first-order valence-corrected chi connectivity index (χ1v) is 5.58. The third-order valence-corrected chi connectivity index (χ3v) is 3.30. The summed E-state index contributed by atoms with van der Waals surface area (Å²) in [4.78, 5) is 13.9. The zero-order valence-corrected chi connectivity index (χ0v) is 8.93. The maximum Gasteiger partial charge on any atom is 0.151 e. The van der Waals surface area contributed by atoms with Crippen molar-refractivity contribution in [3.8, 4) is 0 Å². The fraction of sp³-hybridized carbons (Fsp3) is 0.900. The Hall–Kier alpha value is -0.490. The second-order valence-electron chi connectivity index (χ2n) is 4.62. The Bertz CT molecular complexity index is 247. The van der Waals surface area contributed by atoms with Crippen molar-refractivity contribution in [1.82, 2.24) is 9.91 Å². The lowest BCUT2D eigenvalue weighted by Gasteiger charge is -2.16. The molecule has 2 heterocycles. The Labute approximate surface area is 89.8 Å².